The van der Waals surface area contributed by atoms with Crippen LogP contribution in [0.3, 0.4) is 0 Å². The number of ketones is 1. The SMILES string of the molecule is CC1(C)CC2=C3C=C[C@@]4(C)[C@@H](CC[C@@]4(O)CC#N)[C@@H]3CCC2=CC1=O. The standard InChI is InChI=1S/C22H27NO2/c1-20(2)13-17-14(12-19(20)24)4-5-16-15(17)6-8-21(3)18(16)7-9-22(21,25)10-11-23/h6,8,12,16,18,25H,4-5,7,9-10,13H2,1-3H3/t16-,18+,21+,22-/m1/s1. The first kappa shape index (κ1) is 16.8. The molecule has 4 atom stereocenters. The Hall–Kier alpha value is -1.66. The lowest BCUT2D eigenvalue weighted by Gasteiger charge is -2.48. The van der Waals surface area contributed by atoms with Crippen molar-refractivity contribution in [3.05, 3.63) is 34.9 Å². The summed E-state index contributed by atoms with van der Waals surface area (Å²) in [6.45, 7) is 6.22. The normalized spacial score (nSPS) is 41.6. The van der Waals surface area contributed by atoms with E-state index in [0.717, 1.165) is 25.7 Å². The minimum atomic E-state index is -0.906. The summed E-state index contributed by atoms with van der Waals surface area (Å²) in [4.78, 5) is 12.3. The second kappa shape index (κ2) is 5.17. The molecule has 0 bridgehead atoms. The molecule has 0 aliphatic heterocycles. The number of hydrogen-bond acceptors (Lipinski definition) is 3. The van der Waals surface area contributed by atoms with E-state index in [1.54, 1.807) is 0 Å². The minimum absolute atomic E-state index is 0.204. The molecular formula is C22H27NO2. The summed E-state index contributed by atoms with van der Waals surface area (Å²) in [5.41, 5.74) is 2.45. The van der Waals surface area contributed by atoms with Crippen LogP contribution in [-0.4, -0.2) is 16.5 Å². The fourth-order valence-corrected chi connectivity index (χ4v) is 5.81. The molecule has 0 unspecified atom stereocenters. The largest absolute Gasteiger partial charge is 0.388 e. The van der Waals surface area contributed by atoms with Crippen molar-refractivity contribution >= 4 is 5.78 Å². The van der Waals surface area contributed by atoms with Gasteiger partial charge >= 0.3 is 0 Å². The number of fused-ring (bicyclic) bond motifs is 4. The lowest BCUT2D eigenvalue weighted by molar-refractivity contribution is -0.122. The number of aliphatic hydroxyl groups is 1. The van der Waals surface area contributed by atoms with Gasteiger partial charge < -0.3 is 5.11 Å². The van der Waals surface area contributed by atoms with Crippen LogP contribution in [0.15, 0.2) is 34.9 Å². The van der Waals surface area contributed by atoms with Gasteiger partial charge in [0.25, 0.3) is 0 Å². The van der Waals surface area contributed by atoms with Crippen LogP contribution in [0.5, 0.6) is 0 Å². The molecule has 0 aromatic carbocycles. The molecule has 3 nitrogen and oxygen atoms in total. The van der Waals surface area contributed by atoms with Gasteiger partial charge in [0.15, 0.2) is 5.78 Å². The van der Waals surface area contributed by atoms with E-state index in [-0.39, 0.29) is 23.0 Å². The number of nitrogens with zero attached hydrogens (tertiary/aromatic N) is 1. The van der Waals surface area contributed by atoms with Crippen molar-refractivity contribution in [3.8, 4) is 6.07 Å². The quantitative estimate of drug-likeness (QED) is 0.778. The van der Waals surface area contributed by atoms with E-state index in [2.05, 4.69) is 25.1 Å². The molecule has 0 heterocycles. The first-order valence-corrected chi connectivity index (χ1v) is 9.49. The molecule has 4 aliphatic carbocycles. The molecule has 0 aromatic rings. The van der Waals surface area contributed by atoms with E-state index in [1.807, 2.05) is 19.9 Å². The third-order valence-electron chi connectivity index (χ3n) is 7.56. The number of rotatable bonds is 1. The second-order valence-electron chi connectivity index (χ2n) is 9.30. The third kappa shape index (κ3) is 2.16. The Balaban J connectivity index is 1.81. The fraction of sp³-hybridized carbons (Fsp3) is 0.636. The molecule has 1 fully saturated rings. The third-order valence-corrected chi connectivity index (χ3v) is 7.56. The Morgan fingerprint density at radius 1 is 1.32 bits per heavy atom. The summed E-state index contributed by atoms with van der Waals surface area (Å²) in [6, 6.07) is 2.20. The number of carbonyl (C=O) groups excluding carboxylic acids is 1. The second-order valence-corrected chi connectivity index (χ2v) is 9.30. The molecule has 0 amide bonds. The minimum Gasteiger partial charge on any atom is -0.388 e. The van der Waals surface area contributed by atoms with Crippen molar-refractivity contribution in [1.82, 2.24) is 0 Å². The van der Waals surface area contributed by atoms with E-state index in [4.69, 9.17) is 0 Å². The van der Waals surface area contributed by atoms with Crippen LogP contribution in [0.1, 0.15) is 59.3 Å². The fourth-order valence-electron chi connectivity index (χ4n) is 5.81. The van der Waals surface area contributed by atoms with Crippen molar-refractivity contribution < 1.29 is 9.90 Å². The van der Waals surface area contributed by atoms with E-state index in [9.17, 15) is 15.2 Å². The number of hydrogen-bond donors (Lipinski definition) is 1. The van der Waals surface area contributed by atoms with Gasteiger partial charge in [-0.05, 0) is 66.7 Å². The first-order valence-electron chi connectivity index (χ1n) is 9.49. The van der Waals surface area contributed by atoms with Gasteiger partial charge in [0.05, 0.1) is 18.1 Å². The Morgan fingerprint density at radius 2 is 2.08 bits per heavy atom. The van der Waals surface area contributed by atoms with Crippen LogP contribution >= 0.6 is 0 Å². The predicted molar refractivity (Wildman–Crippen MR) is 96.4 cm³/mol. The Kier molecular flexibility index (Phi) is 3.48. The molecule has 1 saturated carbocycles. The zero-order chi connectivity index (χ0) is 18.0. The van der Waals surface area contributed by atoms with Crippen molar-refractivity contribution in [3.63, 3.8) is 0 Å². The molecule has 4 aliphatic rings. The van der Waals surface area contributed by atoms with Gasteiger partial charge in [-0.3, -0.25) is 4.79 Å². The van der Waals surface area contributed by atoms with E-state index in [0.29, 0.717) is 18.3 Å². The highest BCUT2D eigenvalue weighted by molar-refractivity contribution is 5.97. The lowest BCUT2D eigenvalue weighted by Crippen LogP contribution is -2.47. The van der Waals surface area contributed by atoms with Crippen molar-refractivity contribution in [2.24, 2.45) is 22.7 Å². The van der Waals surface area contributed by atoms with Gasteiger partial charge in [0.2, 0.25) is 0 Å². The molecule has 0 aromatic heterocycles. The van der Waals surface area contributed by atoms with Crippen LogP contribution < -0.4 is 0 Å². The monoisotopic (exact) mass is 337 g/mol. The molecular weight excluding hydrogens is 310 g/mol. The maximum atomic E-state index is 12.3. The Bertz CT molecular complexity index is 778. The predicted octanol–water partition coefficient (Wildman–Crippen LogP) is 4.25. The number of nitriles is 1. The van der Waals surface area contributed by atoms with E-state index >= 15 is 0 Å². The lowest BCUT2D eigenvalue weighted by atomic mass is 9.57. The van der Waals surface area contributed by atoms with Crippen LogP contribution in [0.4, 0.5) is 0 Å². The van der Waals surface area contributed by atoms with Crippen LogP contribution in [-0.2, 0) is 4.79 Å². The summed E-state index contributed by atoms with van der Waals surface area (Å²) in [7, 11) is 0. The van der Waals surface area contributed by atoms with E-state index in [1.165, 1.54) is 16.7 Å². The maximum absolute atomic E-state index is 12.3. The molecule has 0 spiro atoms. The van der Waals surface area contributed by atoms with E-state index < -0.39 is 5.60 Å². The van der Waals surface area contributed by atoms with Crippen LogP contribution in [0.25, 0.3) is 0 Å². The van der Waals surface area contributed by atoms with Crippen LogP contribution in [0, 0.1) is 34.0 Å². The molecule has 0 saturated heterocycles. The zero-order valence-corrected chi connectivity index (χ0v) is 15.4. The van der Waals surface area contributed by atoms with Gasteiger partial charge in [-0.15, -0.1) is 0 Å². The summed E-state index contributed by atoms with van der Waals surface area (Å²) < 4.78 is 0. The molecule has 4 rings (SSSR count). The average molecular weight is 337 g/mol. The zero-order valence-electron chi connectivity index (χ0n) is 15.4. The van der Waals surface area contributed by atoms with Crippen LogP contribution in [0.2, 0.25) is 0 Å². The highest BCUT2D eigenvalue weighted by Crippen LogP contribution is 2.62. The molecule has 25 heavy (non-hydrogen) atoms. The average Bonchev–Trinajstić information content (AvgIpc) is 2.80. The summed E-state index contributed by atoms with van der Waals surface area (Å²) in [6.07, 6.45) is 11.0. The van der Waals surface area contributed by atoms with Crippen molar-refractivity contribution in [2.75, 3.05) is 0 Å². The van der Waals surface area contributed by atoms with Gasteiger partial charge in [-0.1, -0.05) is 32.9 Å². The van der Waals surface area contributed by atoms with Gasteiger partial charge in [0, 0.05) is 10.8 Å². The summed E-state index contributed by atoms with van der Waals surface area (Å²) in [5.74, 6) is 1.08. The highest BCUT2D eigenvalue weighted by Gasteiger charge is 2.59. The smallest absolute Gasteiger partial charge is 0.161 e. The van der Waals surface area contributed by atoms with Crippen molar-refractivity contribution in [2.45, 2.75) is 64.9 Å². The Labute approximate surface area is 150 Å². The summed E-state index contributed by atoms with van der Waals surface area (Å²) >= 11 is 0. The van der Waals surface area contributed by atoms with Gasteiger partial charge in [0.1, 0.15) is 0 Å². The molecule has 1 N–H and O–H groups in total. The Morgan fingerprint density at radius 3 is 2.80 bits per heavy atom. The highest BCUT2D eigenvalue weighted by atomic mass is 16.3. The topological polar surface area (TPSA) is 61.1 Å². The van der Waals surface area contributed by atoms with Crippen molar-refractivity contribution in [1.29, 1.82) is 5.26 Å². The first-order chi connectivity index (χ1) is 11.7. The number of carbonyl (C=O) groups is 1. The van der Waals surface area contributed by atoms with Gasteiger partial charge in [-0.2, -0.15) is 5.26 Å². The maximum Gasteiger partial charge on any atom is 0.161 e. The number of allylic oxidation sites excluding steroid dienone is 5. The summed E-state index contributed by atoms with van der Waals surface area (Å²) in [5, 5.41) is 20.3. The molecule has 0 radical (unpaired) electrons. The molecule has 132 valence electrons. The van der Waals surface area contributed by atoms with Gasteiger partial charge in [-0.25, -0.2) is 0 Å². The molecule has 3 heteroatoms.